The van der Waals surface area contributed by atoms with Gasteiger partial charge in [0.2, 0.25) is 17.7 Å². The van der Waals surface area contributed by atoms with Gasteiger partial charge in [-0.05, 0) is 44.4 Å². The number of hydrogen-bond donors (Lipinski definition) is 3. The minimum absolute atomic E-state index is 0.0504. The van der Waals surface area contributed by atoms with Gasteiger partial charge in [-0.3, -0.25) is 19.2 Å². The molecule has 0 unspecified atom stereocenters. The molecular formula is C24H30F5N5O4. The summed E-state index contributed by atoms with van der Waals surface area (Å²) in [5.41, 5.74) is 0. The molecule has 3 aliphatic heterocycles. The maximum atomic E-state index is 14.9. The predicted molar refractivity (Wildman–Crippen MR) is 120 cm³/mol. The molecule has 0 radical (unpaired) electrons. The van der Waals surface area contributed by atoms with Gasteiger partial charge in [0.25, 0.3) is 5.92 Å². The lowest BCUT2D eigenvalue weighted by atomic mass is 9.71. The number of nitriles is 1. The van der Waals surface area contributed by atoms with Crippen molar-refractivity contribution >= 4 is 23.6 Å². The molecule has 0 aromatic rings. The molecule has 2 saturated carbocycles. The van der Waals surface area contributed by atoms with E-state index in [-0.39, 0.29) is 37.5 Å². The molecule has 210 valence electrons. The number of nitrogens with zero attached hydrogens (tertiary/aromatic N) is 2. The molecule has 5 fully saturated rings. The van der Waals surface area contributed by atoms with Gasteiger partial charge in [-0.25, -0.2) is 8.78 Å². The second-order valence-corrected chi connectivity index (χ2v) is 10.8. The summed E-state index contributed by atoms with van der Waals surface area (Å²) in [6.45, 7) is 0.489. The number of alkyl halides is 5. The average Bonchev–Trinajstić information content (AvgIpc) is 3.66. The zero-order valence-corrected chi connectivity index (χ0v) is 20.5. The molecule has 6 atom stereocenters. The molecule has 2 bridgehead atoms. The zero-order chi connectivity index (χ0) is 27.8. The summed E-state index contributed by atoms with van der Waals surface area (Å²) in [5.74, 6) is -10.2. The smallest absolute Gasteiger partial charge is 0.356 e. The predicted octanol–water partition coefficient (Wildman–Crippen LogP) is 1.77. The number of carbonyl (C=O) groups excluding carboxylic acids is 4. The van der Waals surface area contributed by atoms with Crippen LogP contribution >= 0.6 is 0 Å². The quantitative estimate of drug-likeness (QED) is 0.399. The molecular weight excluding hydrogens is 517 g/mol. The highest BCUT2D eigenvalue weighted by Crippen LogP contribution is 2.49. The number of hydrogen-bond acceptors (Lipinski definition) is 5. The molecule has 9 nitrogen and oxygen atoms in total. The van der Waals surface area contributed by atoms with Gasteiger partial charge in [0, 0.05) is 24.9 Å². The molecule has 38 heavy (non-hydrogen) atoms. The Kier molecular flexibility index (Phi) is 7.86. The van der Waals surface area contributed by atoms with Crippen LogP contribution in [0.2, 0.25) is 0 Å². The van der Waals surface area contributed by atoms with Gasteiger partial charge in [-0.1, -0.05) is 12.8 Å². The minimum atomic E-state index is -5.25. The zero-order valence-electron chi connectivity index (χ0n) is 20.5. The Morgan fingerprint density at radius 2 is 1.82 bits per heavy atom. The van der Waals surface area contributed by atoms with E-state index in [0.29, 0.717) is 32.2 Å². The highest BCUT2D eigenvalue weighted by molar-refractivity contribution is 5.94. The number of carbonyl (C=O) groups is 4. The number of halogens is 5. The fraction of sp³-hybridized carbons (Fsp3) is 0.792. The number of fused-ring (bicyclic) bond motifs is 3. The van der Waals surface area contributed by atoms with Crippen molar-refractivity contribution < 1.29 is 41.1 Å². The van der Waals surface area contributed by atoms with E-state index in [9.17, 15) is 46.4 Å². The van der Waals surface area contributed by atoms with E-state index in [4.69, 9.17) is 0 Å². The van der Waals surface area contributed by atoms with Gasteiger partial charge in [-0.15, -0.1) is 0 Å². The maximum absolute atomic E-state index is 14.9. The molecule has 3 saturated heterocycles. The van der Waals surface area contributed by atoms with Crippen LogP contribution in [0, 0.1) is 29.1 Å². The van der Waals surface area contributed by atoms with Crippen LogP contribution in [0.15, 0.2) is 0 Å². The third-order valence-electron chi connectivity index (χ3n) is 7.98. The van der Waals surface area contributed by atoms with Crippen LogP contribution in [0.1, 0.15) is 57.8 Å². The highest BCUT2D eigenvalue weighted by atomic mass is 19.4. The second kappa shape index (κ2) is 10.6. The van der Waals surface area contributed by atoms with E-state index in [2.05, 4.69) is 10.6 Å². The van der Waals surface area contributed by atoms with Gasteiger partial charge in [0.1, 0.15) is 18.1 Å². The van der Waals surface area contributed by atoms with Crippen LogP contribution in [-0.4, -0.2) is 71.3 Å². The molecule has 0 spiro atoms. The van der Waals surface area contributed by atoms with Crippen LogP contribution in [0.3, 0.4) is 0 Å². The van der Waals surface area contributed by atoms with Crippen LogP contribution in [-0.2, 0) is 19.2 Å². The topological polar surface area (TPSA) is 131 Å². The van der Waals surface area contributed by atoms with Crippen LogP contribution < -0.4 is 16.0 Å². The van der Waals surface area contributed by atoms with Gasteiger partial charge in [0.05, 0.1) is 12.0 Å². The van der Waals surface area contributed by atoms with E-state index in [0.717, 1.165) is 4.90 Å². The van der Waals surface area contributed by atoms with Crippen LogP contribution in [0.25, 0.3) is 0 Å². The van der Waals surface area contributed by atoms with Gasteiger partial charge in [-0.2, -0.15) is 18.4 Å². The van der Waals surface area contributed by atoms with E-state index >= 15 is 0 Å². The van der Waals surface area contributed by atoms with Crippen molar-refractivity contribution in [3.8, 4) is 6.07 Å². The summed E-state index contributed by atoms with van der Waals surface area (Å²) >= 11 is 0. The first kappa shape index (κ1) is 28.0. The van der Waals surface area contributed by atoms with Crippen molar-refractivity contribution in [2.45, 2.75) is 94.1 Å². The first-order chi connectivity index (χ1) is 17.8. The standard InChI is InChI=1S/C24H30F5N5O4/c25-23(26)10-15-5-6-16(23)18(20(36)32-14(11-30)9-13-2-1-7-31-19(13)35)34(15)21(37)17(8-12-3-4-12)33-22(38)24(27,28)29/h12-18H,1-10H2,(H,31,35)(H,32,36)(H,33,38)/t13-,14-,15+,16+,17-,18-/m1/s1. The molecule has 4 amide bonds. The van der Waals surface area contributed by atoms with E-state index in [1.165, 1.54) is 0 Å². The molecule has 14 heteroatoms. The average molecular weight is 548 g/mol. The number of amides is 4. The highest BCUT2D eigenvalue weighted by Gasteiger charge is 2.61. The third kappa shape index (κ3) is 6.02. The largest absolute Gasteiger partial charge is 0.471 e. The van der Waals surface area contributed by atoms with Gasteiger partial charge in [0.15, 0.2) is 0 Å². The summed E-state index contributed by atoms with van der Waals surface area (Å²) < 4.78 is 68.8. The summed E-state index contributed by atoms with van der Waals surface area (Å²) in [4.78, 5) is 51.6. The fourth-order valence-electron chi connectivity index (χ4n) is 5.90. The molecule has 2 aliphatic carbocycles. The Morgan fingerprint density at radius 1 is 1.11 bits per heavy atom. The summed E-state index contributed by atoms with van der Waals surface area (Å²) in [6, 6.07) is -3.81. The molecule has 3 N–H and O–H groups in total. The van der Waals surface area contributed by atoms with E-state index in [1.54, 1.807) is 5.32 Å². The lowest BCUT2D eigenvalue weighted by molar-refractivity contribution is -0.196. The first-order valence-corrected chi connectivity index (χ1v) is 12.9. The molecule has 3 heterocycles. The summed E-state index contributed by atoms with van der Waals surface area (Å²) in [7, 11) is 0. The van der Waals surface area contributed by atoms with Crippen molar-refractivity contribution in [1.82, 2.24) is 20.9 Å². The Hall–Kier alpha value is -2.98. The molecule has 0 aromatic heterocycles. The lowest BCUT2D eigenvalue weighted by Crippen LogP contribution is -2.71. The minimum Gasteiger partial charge on any atom is -0.356 e. The van der Waals surface area contributed by atoms with Crippen LogP contribution in [0.4, 0.5) is 22.0 Å². The second-order valence-electron chi connectivity index (χ2n) is 10.8. The normalized spacial score (nSPS) is 30.0. The van der Waals surface area contributed by atoms with Crippen molar-refractivity contribution in [3.05, 3.63) is 0 Å². The van der Waals surface area contributed by atoms with Crippen molar-refractivity contribution in [1.29, 1.82) is 5.26 Å². The first-order valence-electron chi connectivity index (χ1n) is 12.9. The van der Waals surface area contributed by atoms with Crippen molar-refractivity contribution in [3.63, 3.8) is 0 Å². The lowest BCUT2D eigenvalue weighted by Gasteiger charge is -2.54. The molecule has 5 rings (SSSR count). The van der Waals surface area contributed by atoms with Crippen molar-refractivity contribution in [2.75, 3.05) is 6.54 Å². The van der Waals surface area contributed by atoms with Gasteiger partial charge >= 0.3 is 12.1 Å². The van der Waals surface area contributed by atoms with Crippen LogP contribution in [0.5, 0.6) is 0 Å². The monoisotopic (exact) mass is 547 g/mol. The summed E-state index contributed by atoms with van der Waals surface area (Å²) in [6.07, 6.45) is -3.65. The van der Waals surface area contributed by atoms with E-state index < -0.39 is 72.2 Å². The Bertz CT molecular complexity index is 1010. The van der Waals surface area contributed by atoms with Gasteiger partial charge < -0.3 is 20.9 Å². The molecule has 0 aromatic carbocycles. The summed E-state index contributed by atoms with van der Waals surface area (Å²) in [5, 5.41) is 16.4. The Balaban J connectivity index is 1.56. The fourth-order valence-corrected chi connectivity index (χ4v) is 5.90. The SMILES string of the molecule is N#C[C@@H](C[C@H]1CCCNC1=O)NC(=O)[C@H]1[C@@H]2CC[C@@H](CC2(F)F)N1C(=O)[C@@H](CC1CC1)NC(=O)C(F)(F)F. The number of piperidine rings is 3. The maximum Gasteiger partial charge on any atom is 0.471 e. The van der Waals surface area contributed by atoms with Crippen molar-refractivity contribution in [2.24, 2.45) is 17.8 Å². The molecule has 5 aliphatic rings. The Labute approximate surface area is 215 Å². The Morgan fingerprint density at radius 3 is 2.39 bits per heavy atom. The van der Waals surface area contributed by atoms with E-state index in [1.807, 2.05) is 6.07 Å². The number of rotatable bonds is 8. The number of nitrogens with one attached hydrogen (secondary N) is 3. The third-order valence-corrected chi connectivity index (χ3v) is 7.98.